The van der Waals surface area contributed by atoms with Crippen LogP contribution in [0.4, 0.5) is 0 Å². The molecule has 1 heteroatoms. The first kappa shape index (κ1) is 9.54. The molecule has 0 rings (SSSR count). The molecule has 0 unspecified atom stereocenters. The maximum absolute atomic E-state index is 5.35. The van der Waals surface area contributed by atoms with Crippen LogP contribution in [-0.2, 0) is 4.74 Å². The second-order valence-electron chi connectivity index (χ2n) is 2.29. The van der Waals surface area contributed by atoms with Gasteiger partial charge in [-0.15, -0.1) is 0 Å². The summed E-state index contributed by atoms with van der Waals surface area (Å²) in [6, 6.07) is 0. The van der Waals surface area contributed by atoms with Crippen molar-refractivity contribution in [1.29, 1.82) is 0 Å². The minimum atomic E-state index is 0.795. The standard InChI is InChI=1S/C9H18O/c1-4-7-8-9(5-2)10-6-3/h5H,4,6-8H2,1-3H3/b9-5-. The Morgan fingerprint density at radius 2 is 2.10 bits per heavy atom. The van der Waals surface area contributed by atoms with Crippen molar-refractivity contribution in [2.75, 3.05) is 6.61 Å². The second kappa shape index (κ2) is 6.66. The molecule has 1 nitrogen and oxygen atoms in total. The molecular formula is C9H18O. The fraction of sp³-hybridized carbons (Fsp3) is 0.778. The number of hydrogen-bond donors (Lipinski definition) is 0. The van der Waals surface area contributed by atoms with Crippen LogP contribution in [-0.4, -0.2) is 6.61 Å². The average Bonchev–Trinajstić information content (AvgIpc) is 1.98. The van der Waals surface area contributed by atoms with Gasteiger partial charge in [0.1, 0.15) is 0 Å². The van der Waals surface area contributed by atoms with E-state index in [4.69, 9.17) is 4.74 Å². The molecule has 60 valence electrons. The fourth-order valence-electron chi connectivity index (χ4n) is 0.836. The summed E-state index contributed by atoms with van der Waals surface area (Å²) < 4.78 is 5.35. The maximum Gasteiger partial charge on any atom is 0.0917 e. The van der Waals surface area contributed by atoms with Crippen molar-refractivity contribution in [2.45, 2.75) is 40.0 Å². The van der Waals surface area contributed by atoms with Crippen LogP contribution < -0.4 is 0 Å². The van der Waals surface area contributed by atoms with Crippen LogP contribution in [0.1, 0.15) is 40.0 Å². The van der Waals surface area contributed by atoms with E-state index in [9.17, 15) is 0 Å². The third-order valence-corrected chi connectivity index (χ3v) is 1.43. The van der Waals surface area contributed by atoms with Gasteiger partial charge in [0.05, 0.1) is 12.4 Å². The monoisotopic (exact) mass is 142 g/mol. The zero-order valence-corrected chi connectivity index (χ0v) is 7.31. The van der Waals surface area contributed by atoms with E-state index < -0.39 is 0 Å². The molecule has 0 saturated heterocycles. The molecule has 0 aliphatic rings. The molecule has 0 heterocycles. The van der Waals surface area contributed by atoms with E-state index in [1.54, 1.807) is 0 Å². The number of ether oxygens (including phenoxy) is 1. The van der Waals surface area contributed by atoms with E-state index >= 15 is 0 Å². The molecule has 0 aliphatic heterocycles. The predicted octanol–water partition coefficient (Wildman–Crippen LogP) is 3.12. The lowest BCUT2D eigenvalue weighted by Gasteiger charge is -2.05. The van der Waals surface area contributed by atoms with Gasteiger partial charge in [0.2, 0.25) is 0 Å². The van der Waals surface area contributed by atoms with E-state index in [-0.39, 0.29) is 0 Å². The van der Waals surface area contributed by atoms with E-state index in [1.807, 2.05) is 13.8 Å². The summed E-state index contributed by atoms with van der Waals surface area (Å²) in [7, 11) is 0. The molecule has 0 bridgehead atoms. The van der Waals surface area contributed by atoms with E-state index in [0.717, 1.165) is 18.8 Å². The summed E-state index contributed by atoms with van der Waals surface area (Å²) in [6.45, 7) is 7.04. The Morgan fingerprint density at radius 1 is 1.40 bits per heavy atom. The topological polar surface area (TPSA) is 9.23 Å². The predicted molar refractivity (Wildman–Crippen MR) is 44.9 cm³/mol. The first-order chi connectivity index (χ1) is 4.85. The van der Waals surface area contributed by atoms with Gasteiger partial charge in [-0.05, 0) is 26.3 Å². The van der Waals surface area contributed by atoms with Gasteiger partial charge >= 0.3 is 0 Å². The SMILES string of the molecule is C/C=C(/CCCC)OCC. The molecule has 0 atom stereocenters. The van der Waals surface area contributed by atoms with E-state index in [0.29, 0.717) is 0 Å². The van der Waals surface area contributed by atoms with E-state index in [2.05, 4.69) is 13.0 Å². The summed E-state index contributed by atoms with van der Waals surface area (Å²) in [5.74, 6) is 1.14. The molecule has 10 heavy (non-hydrogen) atoms. The Hall–Kier alpha value is -0.460. The van der Waals surface area contributed by atoms with Gasteiger partial charge in [-0.25, -0.2) is 0 Å². The van der Waals surface area contributed by atoms with Crippen LogP contribution in [0.3, 0.4) is 0 Å². The number of hydrogen-bond acceptors (Lipinski definition) is 1. The van der Waals surface area contributed by atoms with Crippen molar-refractivity contribution in [3.8, 4) is 0 Å². The van der Waals surface area contributed by atoms with Crippen molar-refractivity contribution < 1.29 is 4.74 Å². The van der Waals surface area contributed by atoms with Crippen LogP contribution in [0.25, 0.3) is 0 Å². The van der Waals surface area contributed by atoms with Crippen LogP contribution >= 0.6 is 0 Å². The van der Waals surface area contributed by atoms with Crippen molar-refractivity contribution in [1.82, 2.24) is 0 Å². The first-order valence-corrected chi connectivity index (χ1v) is 4.13. The zero-order valence-electron chi connectivity index (χ0n) is 7.31. The Morgan fingerprint density at radius 3 is 2.50 bits per heavy atom. The quantitative estimate of drug-likeness (QED) is 0.536. The van der Waals surface area contributed by atoms with Crippen LogP contribution in [0, 0.1) is 0 Å². The van der Waals surface area contributed by atoms with Gasteiger partial charge in [0, 0.05) is 6.42 Å². The van der Waals surface area contributed by atoms with Crippen LogP contribution in [0.15, 0.2) is 11.8 Å². The highest BCUT2D eigenvalue weighted by molar-refractivity contribution is 4.89. The van der Waals surface area contributed by atoms with Crippen molar-refractivity contribution in [3.63, 3.8) is 0 Å². The van der Waals surface area contributed by atoms with Crippen LogP contribution in [0.2, 0.25) is 0 Å². The highest BCUT2D eigenvalue weighted by Crippen LogP contribution is 2.07. The fourth-order valence-corrected chi connectivity index (χ4v) is 0.836. The Balaban J connectivity index is 3.41. The van der Waals surface area contributed by atoms with Crippen LogP contribution in [0.5, 0.6) is 0 Å². The molecule has 0 spiro atoms. The highest BCUT2D eigenvalue weighted by atomic mass is 16.5. The molecule has 0 radical (unpaired) electrons. The minimum absolute atomic E-state index is 0.795. The average molecular weight is 142 g/mol. The molecule has 0 aliphatic carbocycles. The van der Waals surface area contributed by atoms with Crippen molar-refractivity contribution >= 4 is 0 Å². The third kappa shape index (κ3) is 4.42. The molecule has 0 N–H and O–H groups in total. The normalized spacial score (nSPS) is 11.7. The molecular weight excluding hydrogens is 124 g/mol. The summed E-state index contributed by atoms with van der Waals surface area (Å²) in [6.07, 6.45) is 5.63. The lowest BCUT2D eigenvalue weighted by Crippen LogP contribution is -1.90. The summed E-state index contributed by atoms with van der Waals surface area (Å²) in [4.78, 5) is 0. The van der Waals surface area contributed by atoms with Gasteiger partial charge < -0.3 is 4.74 Å². The number of unbranched alkanes of at least 4 members (excludes halogenated alkanes) is 1. The smallest absolute Gasteiger partial charge is 0.0917 e. The minimum Gasteiger partial charge on any atom is -0.499 e. The lowest BCUT2D eigenvalue weighted by atomic mass is 10.2. The van der Waals surface area contributed by atoms with Gasteiger partial charge in [-0.2, -0.15) is 0 Å². The number of rotatable bonds is 5. The third-order valence-electron chi connectivity index (χ3n) is 1.43. The molecule has 0 amide bonds. The molecule has 0 saturated carbocycles. The van der Waals surface area contributed by atoms with Crippen molar-refractivity contribution in [3.05, 3.63) is 11.8 Å². The number of allylic oxidation sites excluding steroid dienone is 2. The molecule has 0 aromatic carbocycles. The lowest BCUT2D eigenvalue weighted by molar-refractivity contribution is 0.216. The maximum atomic E-state index is 5.35. The van der Waals surface area contributed by atoms with E-state index in [1.165, 1.54) is 12.8 Å². The zero-order chi connectivity index (χ0) is 7.82. The molecule has 0 aromatic rings. The second-order valence-corrected chi connectivity index (χ2v) is 2.29. The first-order valence-electron chi connectivity index (χ1n) is 4.13. The Kier molecular flexibility index (Phi) is 6.35. The summed E-state index contributed by atoms with van der Waals surface area (Å²) in [5.41, 5.74) is 0. The highest BCUT2D eigenvalue weighted by Gasteiger charge is 1.92. The summed E-state index contributed by atoms with van der Waals surface area (Å²) >= 11 is 0. The van der Waals surface area contributed by atoms with Gasteiger partial charge in [-0.1, -0.05) is 13.3 Å². The largest absolute Gasteiger partial charge is 0.499 e. The molecule has 0 aromatic heterocycles. The molecule has 0 fully saturated rings. The Labute approximate surface area is 64.1 Å². The van der Waals surface area contributed by atoms with Gasteiger partial charge in [0.15, 0.2) is 0 Å². The van der Waals surface area contributed by atoms with Gasteiger partial charge in [0.25, 0.3) is 0 Å². The van der Waals surface area contributed by atoms with Gasteiger partial charge in [-0.3, -0.25) is 0 Å². The summed E-state index contributed by atoms with van der Waals surface area (Å²) in [5, 5.41) is 0. The Bertz CT molecular complexity index is 94.9. The van der Waals surface area contributed by atoms with Crippen molar-refractivity contribution in [2.24, 2.45) is 0 Å².